The highest BCUT2D eigenvalue weighted by Gasteiger charge is 2.27. The molecule has 0 aliphatic heterocycles. The fourth-order valence-electron chi connectivity index (χ4n) is 5.39. The molecule has 0 aliphatic carbocycles. The molecule has 0 aromatic rings. The molecule has 0 aromatic carbocycles. The van der Waals surface area contributed by atoms with Crippen LogP contribution < -0.4 is 5.32 Å². The number of phosphoric acid groups is 1. The molecule has 0 aromatic heterocycles. The monoisotopic (exact) mass is 650 g/mol. The van der Waals surface area contributed by atoms with Gasteiger partial charge in [-0.3, -0.25) is 9.05 Å². The molecular formula is C36H78N2O5P+. The second-order valence-corrected chi connectivity index (χ2v) is 15.5. The number of phosphoric ester groups is 1. The molecule has 7 nitrogen and oxygen atoms in total. The van der Waals surface area contributed by atoms with Crippen LogP contribution in [-0.4, -0.2) is 76.1 Å². The Morgan fingerprint density at radius 2 is 1.02 bits per heavy atom. The lowest BCUT2D eigenvalue weighted by atomic mass is 10.0. The Hall–Kier alpha value is -0.0100. The fraction of sp³-hybridized carbons (Fsp3) is 1.00. The third kappa shape index (κ3) is 34.9. The molecule has 0 spiro atoms. The molecule has 0 fully saturated rings. The van der Waals surface area contributed by atoms with Gasteiger partial charge in [-0.15, -0.1) is 0 Å². The minimum atomic E-state index is -4.14. The zero-order valence-corrected chi connectivity index (χ0v) is 31.2. The molecule has 0 radical (unpaired) electrons. The highest BCUT2D eigenvalue weighted by Crippen LogP contribution is 2.44. The van der Waals surface area contributed by atoms with Crippen molar-refractivity contribution < 1.29 is 27.7 Å². The van der Waals surface area contributed by atoms with Crippen molar-refractivity contribution in [3.05, 3.63) is 0 Å². The highest BCUT2D eigenvalue weighted by molar-refractivity contribution is 7.47. The molecule has 44 heavy (non-hydrogen) atoms. The van der Waals surface area contributed by atoms with E-state index in [2.05, 4.69) is 19.2 Å². The second-order valence-electron chi connectivity index (χ2n) is 14.1. The van der Waals surface area contributed by atoms with Gasteiger partial charge in [-0.25, -0.2) is 4.57 Å². The van der Waals surface area contributed by atoms with Crippen LogP contribution in [0.5, 0.6) is 0 Å². The zero-order chi connectivity index (χ0) is 32.6. The van der Waals surface area contributed by atoms with Gasteiger partial charge in [0.05, 0.1) is 27.7 Å². The van der Waals surface area contributed by atoms with Crippen molar-refractivity contribution in [1.82, 2.24) is 5.32 Å². The Morgan fingerprint density at radius 3 is 1.45 bits per heavy atom. The topological polar surface area (TPSA) is 77.0 Å². The number of rotatable bonds is 36. The van der Waals surface area contributed by atoms with Gasteiger partial charge < -0.3 is 19.4 Å². The number of ether oxygens (including phenoxy) is 1. The molecule has 0 aliphatic rings. The summed E-state index contributed by atoms with van der Waals surface area (Å²) in [5.74, 6) is 0. The summed E-state index contributed by atoms with van der Waals surface area (Å²) >= 11 is 0. The van der Waals surface area contributed by atoms with Crippen LogP contribution in [0.2, 0.25) is 0 Å². The molecule has 2 N–H and O–H groups in total. The van der Waals surface area contributed by atoms with Gasteiger partial charge >= 0.3 is 7.82 Å². The Bertz CT molecular complexity index is 632. The molecule has 0 saturated heterocycles. The summed E-state index contributed by atoms with van der Waals surface area (Å²) in [5, 5.41) is 3.43. The molecule has 2 atom stereocenters. The lowest BCUT2D eigenvalue weighted by Gasteiger charge is -2.25. The normalized spacial score (nSPS) is 14.2. The van der Waals surface area contributed by atoms with Crippen LogP contribution in [0.1, 0.15) is 168 Å². The highest BCUT2D eigenvalue weighted by atomic mass is 31.2. The Balaban J connectivity index is 4.02. The standard InChI is InChI=1S/C36H77N2O5P/c1-6-8-10-12-14-16-17-18-19-20-21-22-23-24-26-28-30-37-34-36(43-44(39,40)42-33-31-38(3,4)5)35-41-32-29-27-25-15-13-11-9-7-2/h36-37H,6-35H2,1-5H3/p+1. The van der Waals surface area contributed by atoms with E-state index in [1.807, 2.05) is 21.1 Å². The van der Waals surface area contributed by atoms with Gasteiger partial charge in [0.15, 0.2) is 0 Å². The number of nitrogens with zero attached hydrogens (tertiary/aromatic N) is 1. The summed E-state index contributed by atoms with van der Waals surface area (Å²) in [5.41, 5.74) is 0. The van der Waals surface area contributed by atoms with Crippen LogP contribution in [0, 0.1) is 0 Å². The van der Waals surface area contributed by atoms with Gasteiger partial charge in [0, 0.05) is 13.2 Å². The average Bonchev–Trinajstić information content (AvgIpc) is 2.96. The quantitative estimate of drug-likeness (QED) is 0.0400. The van der Waals surface area contributed by atoms with E-state index in [1.54, 1.807) is 0 Å². The van der Waals surface area contributed by atoms with E-state index >= 15 is 0 Å². The minimum Gasteiger partial charge on any atom is -0.379 e. The van der Waals surface area contributed by atoms with E-state index in [4.69, 9.17) is 13.8 Å². The van der Waals surface area contributed by atoms with Crippen LogP contribution in [0.4, 0.5) is 0 Å². The van der Waals surface area contributed by atoms with Crippen molar-refractivity contribution >= 4 is 7.82 Å². The third-order valence-corrected chi connectivity index (χ3v) is 9.40. The van der Waals surface area contributed by atoms with Gasteiger partial charge in [0.2, 0.25) is 0 Å². The molecule has 0 bridgehead atoms. The molecule has 0 saturated carbocycles. The van der Waals surface area contributed by atoms with Crippen LogP contribution in [0.25, 0.3) is 0 Å². The lowest BCUT2D eigenvalue weighted by molar-refractivity contribution is -0.870. The first kappa shape index (κ1) is 44.0. The van der Waals surface area contributed by atoms with Crippen LogP contribution in [0.3, 0.4) is 0 Å². The molecule has 8 heteroatoms. The van der Waals surface area contributed by atoms with Gasteiger partial charge in [0.25, 0.3) is 0 Å². The lowest BCUT2D eigenvalue weighted by Crippen LogP contribution is -2.37. The molecule has 0 heterocycles. The van der Waals surface area contributed by atoms with Crippen molar-refractivity contribution in [1.29, 1.82) is 0 Å². The number of hydrogen-bond acceptors (Lipinski definition) is 5. The first-order valence-corrected chi connectivity index (χ1v) is 20.4. The van der Waals surface area contributed by atoms with Crippen molar-refractivity contribution in [3.63, 3.8) is 0 Å². The maximum Gasteiger partial charge on any atom is 0.472 e. The van der Waals surface area contributed by atoms with E-state index in [1.165, 1.54) is 141 Å². The van der Waals surface area contributed by atoms with E-state index in [0.717, 1.165) is 19.4 Å². The van der Waals surface area contributed by atoms with Crippen LogP contribution >= 0.6 is 7.82 Å². The van der Waals surface area contributed by atoms with Gasteiger partial charge in [0.1, 0.15) is 19.3 Å². The van der Waals surface area contributed by atoms with E-state index in [9.17, 15) is 9.46 Å². The number of unbranched alkanes of at least 4 members (excludes halogenated alkanes) is 22. The van der Waals surface area contributed by atoms with Crippen molar-refractivity contribution in [2.24, 2.45) is 0 Å². The smallest absolute Gasteiger partial charge is 0.379 e. The summed E-state index contributed by atoms with van der Waals surface area (Å²) in [6, 6.07) is 0. The first-order chi connectivity index (χ1) is 21.2. The first-order valence-electron chi connectivity index (χ1n) is 18.9. The minimum absolute atomic E-state index is 0.176. The summed E-state index contributed by atoms with van der Waals surface area (Å²) < 4.78 is 30.0. The van der Waals surface area contributed by atoms with E-state index in [0.29, 0.717) is 30.8 Å². The number of nitrogens with one attached hydrogen (secondary N) is 1. The van der Waals surface area contributed by atoms with Crippen molar-refractivity contribution in [2.45, 2.75) is 174 Å². The average molecular weight is 650 g/mol. The maximum absolute atomic E-state index is 12.6. The fourth-order valence-corrected chi connectivity index (χ4v) is 6.27. The SMILES string of the molecule is CCCCCCCCCCCCCCCCCCNCC(COCCCCCCCCCC)OP(=O)(O)OCC[N+](C)(C)C. The zero-order valence-electron chi connectivity index (χ0n) is 30.3. The van der Waals surface area contributed by atoms with Crippen molar-refractivity contribution in [2.75, 3.05) is 60.6 Å². The molecule has 0 amide bonds. The number of quaternary nitrogens is 1. The summed E-state index contributed by atoms with van der Waals surface area (Å²) in [6.07, 6.45) is 31.3. The Labute approximate surface area is 275 Å². The van der Waals surface area contributed by atoms with Gasteiger partial charge in [-0.1, -0.05) is 155 Å². The Kier molecular flexibility index (Phi) is 31.6. The van der Waals surface area contributed by atoms with Crippen LogP contribution in [0.15, 0.2) is 0 Å². The predicted molar refractivity (Wildman–Crippen MR) is 189 cm³/mol. The second kappa shape index (κ2) is 31.6. The Morgan fingerprint density at radius 1 is 0.614 bits per heavy atom. The summed E-state index contributed by atoms with van der Waals surface area (Å²) in [7, 11) is 1.94. The molecular weight excluding hydrogens is 571 g/mol. The molecule has 266 valence electrons. The third-order valence-electron chi connectivity index (χ3n) is 8.32. The van der Waals surface area contributed by atoms with E-state index < -0.39 is 13.9 Å². The largest absolute Gasteiger partial charge is 0.472 e. The van der Waals surface area contributed by atoms with Crippen molar-refractivity contribution in [3.8, 4) is 0 Å². The van der Waals surface area contributed by atoms with E-state index in [-0.39, 0.29) is 6.61 Å². The number of hydrogen-bond donors (Lipinski definition) is 2. The maximum atomic E-state index is 12.6. The van der Waals surface area contributed by atoms with Gasteiger partial charge in [-0.05, 0) is 19.4 Å². The summed E-state index contributed by atoms with van der Waals surface area (Å²) in [6.45, 7) is 7.66. The molecule has 2 unspecified atom stereocenters. The predicted octanol–water partition coefficient (Wildman–Crippen LogP) is 10.2. The number of likely N-dealkylation sites (N-methyl/N-ethyl adjacent to an activating group) is 1. The summed E-state index contributed by atoms with van der Waals surface area (Å²) in [4.78, 5) is 10.3. The van der Waals surface area contributed by atoms with Gasteiger partial charge in [-0.2, -0.15) is 0 Å². The van der Waals surface area contributed by atoms with Crippen LogP contribution in [-0.2, 0) is 18.3 Å². The molecule has 0 rings (SSSR count).